The average Bonchev–Trinajstić information content (AvgIpc) is 2.78. The van der Waals surface area contributed by atoms with Crippen molar-refractivity contribution in [1.29, 1.82) is 0 Å². The minimum Gasteiger partial charge on any atom is -0.309 e. The summed E-state index contributed by atoms with van der Waals surface area (Å²) in [5.74, 6) is 0. The van der Waals surface area contributed by atoms with E-state index in [1.165, 1.54) is 0 Å². The first-order chi connectivity index (χ1) is 14.4. The summed E-state index contributed by atoms with van der Waals surface area (Å²) in [6.45, 7) is 3.96. The molecule has 0 aliphatic heterocycles. The van der Waals surface area contributed by atoms with Crippen molar-refractivity contribution >= 4 is 46.3 Å². The third-order valence-electron chi connectivity index (χ3n) is 5.49. The molecule has 4 heteroatoms. The summed E-state index contributed by atoms with van der Waals surface area (Å²) in [4.78, 5) is 0. The summed E-state index contributed by atoms with van der Waals surface area (Å²) >= 11 is 13.0. The second-order valence-electron chi connectivity index (χ2n) is 7.26. The van der Waals surface area contributed by atoms with Gasteiger partial charge in [0.2, 0.25) is 0 Å². The van der Waals surface area contributed by atoms with Gasteiger partial charge in [0.1, 0.15) is 0 Å². The molecule has 0 aliphatic carbocycles. The number of hydrogen-bond donors (Lipinski definition) is 0. The summed E-state index contributed by atoms with van der Waals surface area (Å²) in [5.41, 5.74) is 3.67. The highest BCUT2D eigenvalue weighted by Gasteiger charge is 2.33. The van der Waals surface area contributed by atoms with Crippen molar-refractivity contribution in [3.8, 4) is 11.1 Å². The van der Waals surface area contributed by atoms with Gasteiger partial charge in [-0.25, -0.2) is 0 Å². The Morgan fingerprint density at radius 2 is 1.13 bits per heavy atom. The predicted molar refractivity (Wildman–Crippen MR) is 131 cm³/mol. The van der Waals surface area contributed by atoms with Crippen molar-refractivity contribution in [2.75, 3.05) is 0 Å². The number of halogens is 2. The third kappa shape index (κ3) is 3.52. The zero-order valence-electron chi connectivity index (χ0n) is 16.8. The molecule has 0 saturated carbocycles. The first-order valence-corrected chi connectivity index (χ1v) is 12.2. The molecule has 0 aromatic heterocycles. The Morgan fingerprint density at radius 1 is 0.600 bits per heavy atom. The van der Waals surface area contributed by atoms with Gasteiger partial charge in [0.15, 0.2) is 7.14 Å². The largest absolute Gasteiger partial charge is 0.309 e. The van der Waals surface area contributed by atoms with Crippen molar-refractivity contribution in [2.45, 2.75) is 13.8 Å². The summed E-state index contributed by atoms with van der Waals surface area (Å²) in [5, 5.41) is 3.66. The van der Waals surface area contributed by atoms with Crippen LogP contribution < -0.4 is 15.9 Å². The molecule has 0 fully saturated rings. The van der Waals surface area contributed by atoms with Gasteiger partial charge in [0.25, 0.3) is 0 Å². The summed E-state index contributed by atoms with van der Waals surface area (Å²) in [6, 6.07) is 28.9. The first-order valence-electron chi connectivity index (χ1n) is 9.71. The van der Waals surface area contributed by atoms with Gasteiger partial charge in [0.05, 0.1) is 0 Å². The van der Waals surface area contributed by atoms with Crippen LogP contribution in [0.2, 0.25) is 10.0 Å². The molecule has 1 nitrogen and oxygen atoms in total. The minimum absolute atomic E-state index is 0.640. The first kappa shape index (κ1) is 20.9. The quantitative estimate of drug-likeness (QED) is 0.308. The maximum atomic E-state index is 15.0. The lowest BCUT2D eigenvalue weighted by molar-refractivity contribution is 0.592. The Balaban J connectivity index is 2.13. The molecule has 4 aromatic carbocycles. The molecule has 0 saturated heterocycles. The van der Waals surface area contributed by atoms with Gasteiger partial charge in [0, 0.05) is 26.0 Å². The Labute approximate surface area is 187 Å². The molecule has 150 valence electrons. The van der Waals surface area contributed by atoms with Crippen molar-refractivity contribution in [2.24, 2.45) is 0 Å². The number of benzene rings is 4. The van der Waals surface area contributed by atoms with Crippen molar-refractivity contribution in [3.05, 3.63) is 112 Å². The smallest absolute Gasteiger partial charge is 0.171 e. The number of hydrogen-bond acceptors (Lipinski definition) is 1. The van der Waals surface area contributed by atoms with E-state index in [2.05, 4.69) is 0 Å². The second-order valence-corrected chi connectivity index (χ2v) is 10.8. The van der Waals surface area contributed by atoms with Crippen LogP contribution in [0.1, 0.15) is 11.1 Å². The van der Waals surface area contributed by atoms with E-state index in [9.17, 15) is 4.57 Å². The van der Waals surface area contributed by atoms with E-state index in [0.717, 1.165) is 38.2 Å². The normalized spacial score (nSPS) is 11.5. The van der Waals surface area contributed by atoms with Gasteiger partial charge in [-0.3, -0.25) is 0 Å². The Morgan fingerprint density at radius 3 is 1.70 bits per heavy atom. The molecule has 4 aromatic rings. The van der Waals surface area contributed by atoms with Crippen molar-refractivity contribution in [1.82, 2.24) is 0 Å². The summed E-state index contributed by atoms with van der Waals surface area (Å²) in [7, 11) is -3.16. The molecule has 4 rings (SSSR count). The molecular formula is C26H21Cl2OP. The van der Waals surface area contributed by atoms with Gasteiger partial charge < -0.3 is 4.57 Å². The SMILES string of the molecule is Cc1c(Cl)cccc1-c1c(P(=O)(c2ccccc2)c2ccccc2)ccc(Cl)c1C. The molecule has 0 unspecified atom stereocenters. The molecular weight excluding hydrogens is 430 g/mol. The van der Waals surface area contributed by atoms with E-state index in [0.29, 0.717) is 10.0 Å². The third-order valence-corrected chi connectivity index (χ3v) is 9.41. The highest BCUT2D eigenvalue weighted by molar-refractivity contribution is 7.85. The molecule has 0 atom stereocenters. The Hall–Kier alpha value is -2.31. The fourth-order valence-electron chi connectivity index (χ4n) is 3.86. The lowest BCUT2D eigenvalue weighted by Crippen LogP contribution is -2.27. The zero-order valence-corrected chi connectivity index (χ0v) is 19.2. The van der Waals surface area contributed by atoms with Gasteiger partial charge in [-0.1, -0.05) is 96.0 Å². The molecule has 0 N–H and O–H groups in total. The minimum atomic E-state index is -3.16. The van der Waals surface area contributed by atoms with Crippen LogP contribution in [0.4, 0.5) is 0 Å². The lowest BCUT2D eigenvalue weighted by Gasteiger charge is -2.25. The molecule has 0 heterocycles. The van der Waals surface area contributed by atoms with Crippen LogP contribution in [-0.4, -0.2) is 0 Å². The lowest BCUT2D eigenvalue weighted by atomic mass is 9.96. The molecule has 0 bridgehead atoms. The van der Waals surface area contributed by atoms with Gasteiger partial charge in [-0.2, -0.15) is 0 Å². The standard InChI is InChI=1S/C26H21Cl2OP/c1-18-22(14-9-15-23(18)27)26-19(2)24(28)16-17-25(26)30(29,20-10-5-3-6-11-20)21-12-7-4-8-13-21/h3-17H,1-2H3. The molecule has 0 spiro atoms. The van der Waals surface area contributed by atoms with Gasteiger partial charge in [-0.05, 0) is 54.3 Å². The fraction of sp³-hybridized carbons (Fsp3) is 0.0769. The molecule has 0 radical (unpaired) electrons. The van der Waals surface area contributed by atoms with E-state index in [1.807, 2.05) is 105 Å². The molecule has 0 aliphatic rings. The topological polar surface area (TPSA) is 17.1 Å². The summed E-state index contributed by atoms with van der Waals surface area (Å²) in [6.07, 6.45) is 0. The Bertz CT molecular complexity index is 1210. The van der Waals surface area contributed by atoms with Crippen molar-refractivity contribution in [3.63, 3.8) is 0 Å². The Kier molecular flexibility index (Phi) is 5.89. The van der Waals surface area contributed by atoms with E-state index < -0.39 is 7.14 Å². The van der Waals surface area contributed by atoms with Gasteiger partial charge >= 0.3 is 0 Å². The van der Waals surface area contributed by atoms with Crippen LogP contribution in [0.15, 0.2) is 91.0 Å². The predicted octanol–water partition coefficient (Wildman–Crippen LogP) is 6.92. The van der Waals surface area contributed by atoms with E-state index in [1.54, 1.807) is 0 Å². The van der Waals surface area contributed by atoms with Crippen LogP contribution in [0.25, 0.3) is 11.1 Å². The van der Waals surface area contributed by atoms with Crippen LogP contribution in [-0.2, 0) is 4.57 Å². The van der Waals surface area contributed by atoms with E-state index in [-0.39, 0.29) is 0 Å². The molecule has 30 heavy (non-hydrogen) atoms. The van der Waals surface area contributed by atoms with Crippen LogP contribution >= 0.6 is 30.3 Å². The average molecular weight is 451 g/mol. The van der Waals surface area contributed by atoms with Crippen LogP contribution in [0.5, 0.6) is 0 Å². The fourth-order valence-corrected chi connectivity index (χ4v) is 7.11. The van der Waals surface area contributed by atoms with Crippen LogP contribution in [0, 0.1) is 13.8 Å². The second kappa shape index (κ2) is 8.44. The maximum absolute atomic E-state index is 15.0. The van der Waals surface area contributed by atoms with E-state index >= 15 is 0 Å². The van der Waals surface area contributed by atoms with Gasteiger partial charge in [-0.15, -0.1) is 0 Å². The monoisotopic (exact) mass is 450 g/mol. The van der Waals surface area contributed by atoms with Crippen LogP contribution in [0.3, 0.4) is 0 Å². The van der Waals surface area contributed by atoms with Crippen molar-refractivity contribution < 1.29 is 4.57 Å². The highest BCUT2D eigenvalue weighted by Crippen LogP contribution is 2.47. The molecule has 0 amide bonds. The number of rotatable bonds is 4. The zero-order chi connectivity index (χ0) is 21.3. The van der Waals surface area contributed by atoms with E-state index in [4.69, 9.17) is 23.2 Å². The highest BCUT2D eigenvalue weighted by atomic mass is 35.5. The summed E-state index contributed by atoms with van der Waals surface area (Å²) < 4.78 is 15.0. The maximum Gasteiger partial charge on any atom is 0.171 e.